The van der Waals surface area contributed by atoms with Crippen LogP contribution in [0.15, 0.2) is 42.5 Å². The third-order valence-electron chi connectivity index (χ3n) is 5.37. The zero-order chi connectivity index (χ0) is 26.2. The lowest BCUT2D eigenvalue weighted by molar-refractivity contribution is -0.139. The fraction of sp³-hybridized carbons (Fsp3) is 0.417. The second-order valence-corrected chi connectivity index (χ2v) is 10.8. The van der Waals surface area contributed by atoms with E-state index in [1.54, 1.807) is 49.4 Å². The Balaban J connectivity index is 2.41. The highest BCUT2D eigenvalue weighted by molar-refractivity contribution is 7.92. The lowest BCUT2D eigenvalue weighted by Gasteiger charge is -2.32. The van der Waals surface area contributed by atoms with Gasteiger partial charge in [0.25, 0.3) is 0 Å². The third kappa shape index (κ3) is 8.02. The minimum atomic E-state index is -3.86. The number of ether oxygens (including phenoxy) is 1. The Hall–Kier alpha value is -2.49. The fourth-order valence-corrected chi connectivity index (χ4v) is 4.56. The Labute approximate surface area is 217 Å². The Morgan fingerprint density at radius 1 is 1.11 bits per heavy atom. The molecule has 0 spiro atoms. The number of amides is 2. The molecule has 0 heterocycles. The van der Waals surface area contributed by atoms with Gasteiger partial charge in [0.2, 0.25) is 21.8 Å². The molecule has 2 aromatic rings. The molecule has 8 nitrogen and oxygen atoms in total. The molecule has 11 heteroatoms. The molecule has 1 N–H and O–H groups in total. The van der Waals surface area contributed by atoms with Gasteiger partial charge in [0.1, 0.15) is 18.3 Å². The molecule has 0 saturated heterocycles. The summed E-state index contributed by atoms with van der Waals surface area (Å²) >= 11 is 12.2. The smallest absolute Gasteiger partial charge is 0.244 e. The lowest BCUT2D eigenvalue weighted by Crippen LogP contribution is -2.51. The van der Waals surface area contributed by atoms with Gasteiger partial charge in [-0.15, -0.1) is 0 Å². The van der Waals surface area contributed by atoms with Gasteiger partial charge in [-0.25, -0.2) is 8.42 Å². The highest BCUT2D eigenvalue weighted by Crippen LogP contribution is 2.30. The highest BCUT2D eigenvalue weighted by atomic mass is 35.5. The summed E-state index contributed by atoms with van der Waals surface area (Å²) in [5.41, 5.74) is 0.865. The lowest BCUT2D eigenvalue weighted by atomic mass is 10.1. The number of hydrogen-bond donors (Lipinski definition) is 1. The van der Waals surface area contributed by atoms with Crippen LogP contribution in [0.1, 0.15) is 32.3 Å². The van der Waals surface area contributed by atoms with E-state index in [0.29, 0.717) is 27.9 Å². The molecule has 0 aliphatic carbocycles. The normalized spacial score (nSPS) is 12.1. The van der Waals surface area contributed by atoms with Crippen LogP contribution in [-0.4, -0.2) is 57.6 Å². The molecule has 0 aliphatic heterocycles. The number of nitrogens with zero attached hydrogens (tertiary/aromatic N) is 2. The molecule has 0 fully saturated rings. The number of halogens is 2. The van der Waals surface area contributed by atoms with Crippen LogP contribution in [-0.2, 0) is 26.2 Å². The molecule has 0 aromatic heterocycles. The molecule has 2 amide bonds. The zero-order valence-corrected chi connectivity index (χ0v) is 22.6. The third-order valence-corrected chi connectivity index (χ3v) is 7.23. The van der Waals surface area contributed by atoms with E-state index in [4.69, 9.17) is 27.9 Å². The van der Waals surface area contributed by atoms with Crippen molar-refractivity contribution in [2.24, 2.45) is 0 Å². The van der Waals surface area contributed by atoms with E-state index < -0.39 is 28.5 Å². The number of para-hydroxylation sites is 2. The molecule has 35 heavy (non-hydrogen) atoms. The summed E-state index contributed by atoms with van der Waals surface area (Å²) in [5.74, 6) is -0.604. The summed E-state index contributed by atoms with van der Waals surface area (Å²) in [7, 11) is -2.44. The maximum Gasteiger partial charge on any atom is 0.244 e. The predicted octanol–water partition coefficient (Wildman–Crippen LogP) is 4.10. The Morgan fingerprint density at radius 2 is 1.80 bits per heavy atom. The van der Waals surface area contributed by atoms with Crippen molar-refractivity contribution >= 4 is 50.7 Å². The van der Waals surface area contributed by atoms with E-state index in [0.717, 1.165) is 23.4 Å². The zero-order valence-electron chi connectivity index (χ0n) is 20.3. The van der Waals surface area contributed by atoms with Crippen LogP contribution >= 0.6 is 23.2 Å². The summed E-state index contributed by atoms with van der Waals surface area (Å²) in [6.07, 6.45) is 2.72. The molecular weight excluding hydrogens is 513 g/mol. The summed E-state index contributed by atoms with van der Waals surface area (Å²) in [4.78, 5) is 27.7. The minimum Gasteiger partial charge on any atom is -0.495 e. The topological polar surface area (TPSA) is 96.0 Å². The number of methoxy groups -OCH3 is 1. The monoisotopic (exact) mass is 543 g/mol. The molecule has 192 valence electrons. The number of unbranched alkanes of at least 4 members (excludes halogenated alkanes) is 1. The largest absolute Gasteiger partial charge is 0.495 e. The van der Waals surface area contributed by atoms with Gasteiger partial charge in [0.05, 0.1) is 29.1 Å². The molecule has 2 rings (SSSR count). The minimum absolute atomic E-state index is 0.0294. The average molecular weight is 545 g/mol. The second-order valence-electron chi connectivity index (χ2n) is 8.03. The van der Waals surface area contributed by atoms with Crippen LogP contribution in [0.25, 0.3) is 0 Å². The first-order valence-corrected chi connectivity index (χ1v) is 13.7. The predicted molar refractivity (Wildman–Crippen MR) is 140 cm³/mol. The van der Waals surface area contributed by atoms with Gasteiger partial charge in [-0.2, -0.15) is 0 Å². The Bertz CT molecular complexity index is 1140. The maximum atomic E-state index is 13.5. The van der Waals surface area contributed by atoms with E-state index in [-0.39, 0.29) is 18.1 Å². The molecule has 0 radical (unpaired) electrons. The molecule has 1 atom stereocenters. The number of nitrogens with one attached hydrogen (secondary N) is 1. The number of rotatable bonds is 12. The van der Waals surface area contributed by atoms with Crippen molar-refractivity contribution in [3.05, 3.63) is 58.1 Å². The van der Waals surface area contributed by atoms with Gasteiger partial charge >= 0.3 is 0 Å². The van der Waals surface area contributed by atoms with E-state index in [9.17, 15) is 18.0 Å². The molecule has 1 unspecified atom stereocenters. The van der Waals surface area contributed by atoms with Crippen LogP contribution < -0.4 is 14.4 Å². The number of sulfonamides is 1. The van der Waals surface area contributed by atoms with Crippen molar-refractivity contribution in [2.75, 3.05) is 30.8 Å². The first kappa shape index (κ1) is 28.7. The summed E-state index contributed by atoms with van der Waals surface area (Å²) < 4.78 is 31.6. The molecule has 0 saturated carbocycles. The number of carbonyl (C=O) groups excluding carboxylic acids is 2. The SMILES string of the molecule is CCCCNC(=O)C(C)N(Cc1ccc(Cl)c(Cl)c1)C(=O)CN(c1ccccc1OC)S(C)(=O)=O. The maximum absolute atomic E-state index is 13.5. The van der Waals surface area contributed by atoms with Gasteiger partial charge in [0, 0.05) is 13.1 Å². The van der Waals surface area contributed by atoms with E-state index >= 15 is 0 Å². The van der Waals surface area contributed by atoms with Crippen molar-refractivity contribution in [3.63, 3.8) is 0 Å². The quantitative estimate of drug-likeness (QED) is 0.406. The molecular formula is C24H31Cl2N3O5S. The second kappa shape index (κ2) is 13.0. The average Bonchev–Trinajstić information content (AvgIpc) is 2.82. The number of carbonyl (C=O) groups is 2. The van der Waals surface area contributed by atoms with E-state index in [1.807, 2.05) is 6.92 Å². The van der Waals surface area contributed by atoms with Crippen molar-refractivity contribution < 1.29 is 22.7 Å². The standard InChI is InChI=1S/C24H31Cl2N3O5S/c1-5-6-13-27-24(31)17(2)28(15-18-11-12-19(25)20(26)14-18)23(30)16-29(35(4,32)33)21-9-7-8-10-22(21)34-3/h7-12,14,17H,5-6,13,15-16H2,1-4H3,(H,27,31). The van der Waals surface area contributed by atoms with Gasteiger partial charge in [0.15, 0.2) is 0 Å². The van der Waals surface area contributed by atoms with Gasteiger partial charge in [-0.3, -0.25) is 13.9 Å². The summed E-state index contributed by atoms with van der Waals surface area (Å²) in [6, 6.07) is 10.6. The summed E-state index contributed by atoms with van der Waals surface area (Å²) in [6.45, 7) is 3.60. The van der Waals surface area contributed by atoms with Crippen LogP contribution in [0.4, 0.5) is 5.69 Å². The molecule has 0 aliphatic rings. The van der Waals surface area contributed by atoms with Crippen molar-refractivity contribution in [2.45, 2.75) is 39.3 Å². The number of hydrogen-bond acceptors (Lipinski definition) is 5. The molecule has 0 bridgehead atoms. The number of anilines is 1. The Morgan fingerprint density at radius 3 is 2.40 bits per heavy atom. The van der Waals surface area contributed by atoms with Gasteiger partial charge < -0.3 is 15.0 Å². The van der Waals surface area contributed by atoms with E-state index in [1.165, 1.54) is 12.0 Å². The first-order valence-electron chi connectivity index (χ1n) is 11.1. The number of benzene rings is 2. The van der Waals surface area contributed by atoms with Crippen molar-refractivity contribution in [3.8, 4) is 5.75 Å². The molecule has 2 aromatic carbocycles. The first-order chi connectivity index (χ1) is 16.5. The summed E-state index contributed by atoms with van der Waals surface area (Å²) in [5, 5.41) is 3.49. The van der Waals surface area contributed by atoms with Gasteiger partial charge in [-0.1, -0.05) is 54.7 Å². The highest BCUT2D eigenvalue weighted by Gasteiger charge is 2.31. The van der Waals surface area contributed by atoms with Gasteiger partial charge in [-0.05, 0) is 43.2 Å². The van der Waals surface area contributed by atoms with Crippen LogP contribution in [0.2, 0.25) is 10.0 Å². The van der Waals surface area contributed by atoms with Crippen molar-refractivity contribution in [1.82, 2.24) is 10.2 Å². The van der Waals surface area contributed by atoms with Crippen molar-refractivity contribution in [1.29, 1.82) is 0 Å². The van der Waals surface area contributed by atoms with Crippen LogP contribution in [0.3, 0.4) is 0 Å². The van der Waals surface area contributed by atoms with Crippen LogP contribution in [0.5, 0.6) is 5.75 Å². The Kier molecular flexibility index (Phi) is 10.7. The van der Waals surface area contributed by atoms with Crippen LogP contribution in [0, 0.1) is 0 Å². The fourth-order valence-electron chi connectivity index (χ4n) is 3.38. The van der Waals surface area contributed by atoms with E-state index in [2.05, 4.69) is 5.32 Å².